The maximum absolute atomic E-state index is 11.2. The largest absolute Gasteiger partial charge is 0.382 e. The van der Waals surface area contributed by atoms with Crippen molar-refractivity contribution < 1.29 is 0 Å². The zero-order valence-corrected chi connectivity index (χ0v) is 10.6. The van der Waals surface area contributed by atoms with E-state index in [1.165, 1.54) is 12.8 Å². The lowest BCUT2D eigenvalue weighted by Crippen LogP contribution is -2.33. The predicted octanol–water partition coefficient (Wildman–Crippen LogP) is 1.18. The van der Waals surface area contributed by atoms with E-state index in [1.807, 2.05) is 0 Å². The van der Waals surface area contributed by atoms with Gasteiger partial charge in [0.2, 0.25) is 0 Å². The van der Waals surface area contributed by atoms with Crippen LogP contribution in [0.15, 0.2) is 11.0 Å². The minimum Gasteiger partial charge on any atom is -0.382 e. The Morgan fingerprint density at radius 1 is 1.59 bits per heavy atom. The number of piperidine rings is 1. The van der Waals surface area contributed by atoms with Gasteiger partial charge >= 0.3 is 0 Å². The average Bonchev–Trinajstić information content (AvgIpc) is 2.33. The molecule has 0 saturated carbocycles. The van der Waals surface area contributed by atoms with Gasteiger partial charge < -0.3 is 10.2 Å². The number of halogens is 1. The number of likely N-dealkylation sites (tertiary alicyclic amines) is 1. The second-order valence-corrected chi connectivity index (χ2v) is 4.93. The van der Waals surface area contributed by atoms with Crippen molar-refractivity contribution in [1.82, 2.24) is 15.1 Å². The molecule has 1 fully saturated rings. The van der Waals surface area contributed by atoms with Crippen LogP contribution in [0.4, 0.5) is 5.69 Å². The Kier molecular flexibility index (Phi) is 4.02. The minimum atomic E-state index is -0.347. The molecule has 0 aromatic carbocycles. The topological polar surface area (TPSA) is 61.0 Å². The van der Waals surface area contributed by atoms with Crippen molar-refractivity contribution in [2.45, 2.75) is 12.8 Å². The number of nitrogens with one attached hydrogen (secondary N) is 2. The molecule has 2 heterocycles. The second kappa shape index (κ2) is 5.51. The molecule has 1 saturated heterocycles. The van der Waals surface area contributed by atoms with Gasteiger partial charge in [-0.3, -0.25) is 4.79 Å². The summed E-state index contributed by atoms with van der Waals surface area (Å²) < 4.78 is 0. The number of rotatable bonds is 3. The van der Waals surface area contributed by atoms with Gasteiger partial charge in [0.05, 0.1) is 11.9 Å². The van der Waals surface area contributed by atoms with Crippen molar-refractivity contribution in [1.29, 1.82) is 0 Å². The molecule has 1 aromatic heterocycles. The fourth-order valence-corrected chi connectivity index (χ4v) is 2.19. The lowest BCUT2D eigenvalue weighted by atomic mass is 9.97. The van der Waals surface area contributed by atoms with Crippen LogP contribution >= 0.6 is 11.6 Å². The SMILES string of the molecule is CN1CCC(CNc2cn[nH]c(=O)c2Cl)CC1. The van der Waals surface area contributed by atoms with E-state index in [-0.39, 0.29) is 10.6 Å². The van der Waals surface area contributed by atoms with Gasteiger partial charge in [-0.15, -0.1) is 0 Å². The van der Waals surface area contributed by atoms with Crippen LogP contribution in [0.1, 0.15) is 12.8 Å². The third-order valence-electron chi connectivity index (χ3n) is 3.21. The molecule has 1 aliphatic rings. The lowest BCUT2D eigenvalue weighted by Gasteiger charge is -2.29. The van der Waals surface area contributed by atoms with Crippen molar-refractivity contribution in [2.24, 2.45) is 5.92 Å². The molecule has 0 radical (unpaired) electrons. The van der Waals surface area contributed by atoms with Crippen LogP contribution in [0.3, 0.4) is 0 Å². The third-order valence-corrected chi connectivity index (χ3v) is 3.59. The Hall–Kier alpha value is -1.07. The number of hydrogen-bond donors (Lipinski definition) is 2. The van der Waals surface area contributed by atoms with E-state index in [1.54, 1.807) is 6.20 Å². The molecule has 0 unspecified atom stereocenters. The summed E-state index contributed by atoms with van der Waals surface area (Å²) in [6, 6.07) is 0. The van der Waals surface area contributed by atoms with E-state index in [4.69, 9.17) is 11.6 Å². The van der Waals surface area contributed by atoms with E-state index >= 15 is 0 Å². The van der Waals surface area contributed by atoms with E-state index < -0.39 is 0 Å². The normalized spacial score (nSPS) is 18.2. The summed E-state index contributed by atoms with van der Waals surface area (Å²) in [6.45, 7) is 3.11. The van der Waals surface area contributed by atoms with Crippen molar-refractivity contribution in [3.8, 4) is 0 Å². The standard InChI is InChI=1S/C11H17ClN4O/c1-16-4-2-8(3-5-16)6-13-9-7-14-15-11(17)10(9)12/h7-8H,2-6H2,1H3,(H2,13,15,17). The minimum absolute atomic E-state index is 0.188. The van der Waals surface area contributed by atoms with Crippen molar-refractivity contribution in [3.05, 3.63) is 21.6 Å². The van der Waals surface area contributed by atoms with Gasteiger partial charge in [0.15, 0.2) is 0 Å². The number of nitrogens with zero attached hydrogens (tertiary/aromatic N) is 2. The highest BCUT2D eigenvalue weighted by Gasteiger charge is 2.16. The Bertz CT molecular complexity index is 426. The van der Waals surface area contributed by atoms with Crippen LogP contribution < -0.4 is 10.9 Å². The molecule has 6 heteroatoms. The number of anilines is 1. The van der Waals surface area contributed by atoms with Gasteiger partial charge in [-0.25, -0.2) is 5.10 Å². The fraction of sp³-hybridized carbons (Fsp3) is 0.636. The van der Waals surface area contributed by atoms with Gasteiger partial charge in [0.1, 0.15) is 5.02 Å². The van der Waals surface area contributed by atoms with Gasteiger partial charge in [0, 0.05) is 6.54 Å². The van der Waals surface area contributed by atoms with Crippen LogP contribution in [0.25, 0.3) is 0 Å². The zero-order valence-electron chi connectivity index (χ0n) is 9.87. The molecule has 1 aromatic rings. The lowest BCUT2D eigenvalue weighted by molar-refractivity contribution is 0.226. The zero-order chi connectivity index (χ0) is 12.3. The fourth-order valence-electron chi connectivity index (χ4n) is 2.03. The molecule has 94 valence electrons. The quantitative estimate of drug-likeness (QED) is 0.853. The molecule has 0 atom stereocenters. The van der Waals surface area contributed by atoms with Crippen LogP contribution in [0.2, 0.25) is 5.02 Å². The van der Waals surface area contributed by atoms with E-state index in [2.05, 4.69) is 27.5 Å². The summed E-state index contributed by atoms with van der Waals surface area (Å²) in [5.41, 5.74) is 0.273. The first-order valence-corrected chi connectivity index (χ1v) is 6.20. The summed E-state index contributed by atoms with van der Waals surface area (Å²) in [6.07, 6.45) is 3.91. The summed E-state index contributed by atoms with van der Waals surface area (Å²) in [5, 5.41) is 9.42. The monoisotopic (exact) mass is 256 g/mol. The highest BCUT2D eigenvalue weighted by Crippen LogP contribution is 2.19. The predicted molar refractivity (Wildman–Crippen MR) is 68.6 cm³/mol. The maximum Gasteiger partial charge on any atom is 0.285 e. The number of aromatic nitrogens is 2. The number of hydrogen-bond acceptors (Lipinski definition) is 4. The molecular formula is C11H17ClN4O. The summed E-state index contributed by atoms with van der Waals surface area (Å²) in [4.78, 5) is 13.6. The Balaban J connectivity index is 1.90. The Labute approximate surface area is 105 Å². The molecule has 0 spiro atoms. The van der Waals surface area contributed by atoms with Gasteiger partial charge in [-0.2, -0.15) is 5.10 Å². The first kappa shape index (κ1) is 12.4. The van der Waals surface area contributed by atoms with Crippen molar-refractivity contribution >= 4 is 17.3 Å². The first-order chi connectivity index (χ1) is 8.16. The molecular weight excluding hydrogens is 240 g/mol. The number of aromatic amines is 1. The van der Waals surface area contributed by atoms with E-state index in [9.17, 15) is 4.79 Å². The summed E-state index contributed by atoms with van der Waals surface area (Å²) in [5.74, 6) is 0.640. The Morgan fingerprint density at radius 2 is 2.29 bits per heavy atom. The van der Waals surface area contributed by atoms with Gasteiger partial charge in [-0.1, -0.05) is 11.6 Å². The summed E-state index contributed by atoms with van der Waals surface area (Å²) >= 11 is 5.88. The highest BCUT2D eigenvalue weighted by atomic mass is 35.5. The molecule has 0 bridgehead atoms. The van der Waals surface area contributed by atoms with E-state index in [0.29, 0.717) is 11.6 Å². The molecule has 0 aliphatic carbocycles. The smallest absolute Gasteiger partial charge is 0.285 e. The molecule has 17 heavy (non-hydrogen) atoms. The van der Waals surface area contributed by atoms with Crippen molar-refractivity contribution in [2.75, 3.05) is 32.0 Å². The second-order valence-electron chi connectivity index (χ2n) is 4.55. The molecule has 5 nitrogen and oxygen atoms in total. The Morgan fingerprint density at radius 3 is 3.00 bits per heavy atom. The molecule has 0 amide bonds. The molecule has 1 aliphatic heterocycles. The number of H-pyrrole nitrogens is 1. The highest BCUT2D eigenvalue weighted by molar-refractivity contribution is 6.32. The molecule has 2 N–H and O–H groups in total. The van der Waals surface area contributed by atoms with Crippen LogP contribution in [0.5, 0.6) is 0 Å². The molecule has 2 rings (SSSR count). The van der Waals surface area contributed by atoms with Crippen LogP contribution in [-0.4, -0.2) is 41.8 Å². The average molecular weight is 257 g/mol. The first-order valence-electron chi connectivity index (χ1n) is 5.82. The third kappa shape index (κ3) is 3.20. The van der Waals surface area contributed by atoms with Crippen LogP contribution in [-0.2, 0) is 0 Å². The van der Waals surface area contributed by atoms with Gasteiger partial charge in [-0.05, 0) is 38.9 Å². The maximum atomic E-state index is 11.2. The van der Waals surface area contributed by atoms with Gasteiger partial charge in [0.25, 0.3) is 5.56 Å². The van der Waals surface area contributed by atoms with Crippen molar-refractivity contribution in [3.63, 3.8) is 0 Å². The van der Waals surface area contributed by atoms with E-state index in [0.717, 1.165) is 19.6 Å². The van der Waals surface area contributed by atoms with Crippen LogP contribution in [0, 0.1) is 5.92 Å². The summed E-state index contributed by atoms with van der Waals surface area (Å²) in [7, 11) is 2.14.